The maximum atomic E-state index is 11.7. The molecule has 0 bridgehead atoms. The summed E-state index contributed by atoms with van der Waals surface area (Å²) in [6, 6.07) is 12.1. The summed E-state index contributed by atoms with van der Waals surface area (Å²) >= 11 is 0. The third kappa shape index (κ3) is 4.72. The molecule has 0 atom stereocenters. The number of pyridine rings is 1. The van der Waals surface area contributed by atoms with Crippen molar-refractivity contribution in [3.8, 4) is 0 Å². The highest BCUT2D eigenvalue weighted by atomic mass is 16.4. The van der Waals surface area contributed by atoms with E-state index in [1.54, 1.807) is 18.3 Å². The maximum Gasteiger partial charge on any atom is 0.335 e. The van der Waals surface area contributed by atoms with Crippen molar-refractivity contribution in [1.29, 1.82) is 0 Å². The highest BCUT2D eigenvalue weighted by molar-refractivity contribution is 5.87. The fourth-order valence-corrected chi connectivity index (χ4v) is 1.84. The number of carboxylic acid groups (broad SMARTS) is 1. The summed E-state index contributed by atoms with van der Waals surface area (Å²) in [6.07, 6.45) is 2.69. The Hall–Kier alpha value is -2.69. The van der Waals surface area contributed by atoms with Gasteiger partial charge in [0.1, 0.15) is 0 Å². The van der Waals surface area contributed by atoms with E-state index in [2.05, 4.69) is 10.3 Å². The molecule has 21 heavy (non-hydrogen) atoms. The molecule has 1 amide bonds. The zero-order chi connectivity index (χ0) is 15.1. The van der Waals surface area contributed by atoms with E-state index >= 15 is 0 Å². The van der Waals surface area contributed by atoms with Crippen molar-refractivity contribution in [2.24, 2.45) is 0 Å². The molecule has 0 saturated carbocycles. The standard InChI is InChI=1S/C16H16N2O3/c19-15(9-8-14-3-1-2-10-17-14)18-11-12-4-6-13(7-5-12)16(20)21/h1-7,10H,8-9,11H2,(H,18,19)(H,20,21). The van der Waals surface area contributed by atoms with E-state index < -0.39 is 5.97 Å². The monoisotopic (exact) mass is 284 g/mol. The summed E-state index contributed by atoms with van der Waals surface area (Å²) in [5, 5.41) is 11.6. The zero-order valence-electron chi connectivity index (χ0n) is 11.5. The van der Waals surface area contributed by atoms with E-state index in [9.17, 15) is 9.59 Å². The molecular weight excluding hydrogens is 268 g/mol. The normalized spacial score (nSPS) is 10.1. The van der Waals surface area contributed by atoms with Gasteiger partial charge in [-0.15, -0.1) is 0 Å². The summed E-state index contributed by atoms with van der Waals surface area (Å²) in [5.41, 5.74) is 1.99. The van der Waals surface area contributed by atoms with Gasteiger partial charge in [0, 0.05) is 24.9 Å². The Bertz CT molecular complexity index is 609. The number of hydrogen-bond donors (Lipinski definition) is 2. The van der Waals surface area contributed by atoms with Crippen molar-refractivity contribution < 1.29 is 14.7 Å². The first-order valence-electron chi connectivity index (χ1n) is 6.64. The smallest absolute Gasteiger partial charge is 0.335 e. The number of carboxylic acids is 1. The topological polar surface area (TPSA) is 79.3 Å². The second-order valence-corrected chi connectivity index (χ2v) is 4.60. The van der Waals surface area contributed by atoms with E-state index in [4.69, 9.17) is 5.11 Å². The highest BCUT2D eigenvalue weighted by Gasteiger charge is 2.04. The van der Waals surface area contributed by atoms with E-state index in [-0.39, 0.29) is 11.5 Å². The van der Waals surface area contributed by atoms with Crippen LogP contribution in [0.4, 0.5) is 0 Å². The lowest BCUT2D eigenvalue weighted by atomic mass is 10.1. The lowest BCUT2D eigenvalue weighted by Gasteiger charge is -2.05. The fourth-order valence-electron chi connectivity index (χ4n) is 1.84. The number of aryl methyl sites for hydroxylation is 1. The first kappa shape index (κ1) is 14.7. The minimum atomic E-state index is -0.957. The molecule has 1 heterocycles. The van der Waals surface area contributed by atoms with Crippen LogP contribution in [0.2, 0.25) is 0 Å². The summed E-state index contributed by atoms with van der Waals surface area (Å²) in [5.74, 6) is -1.01. The number of aromatic nitrogens is 1. The molecule has 5 heteroatoms. The zero-order valence-corrected chi connectivity index (χ0v) is 11.5. The van der Waals surface area contributed by atoms with Gasteiger partial charge >= 0.3 is 5.97 Å². The molecular formula is C16H16N2O3. The first-order chi connectivity index (χ1) is 10.1. The molecule has 0 aliphatic rings. The van der Waals surface area contributed by atoms with Crippen molar-refractivity contribution in [1.82, 2.24) is 10.3 Å². The summed E-state index contributed by atoms with van der Waals surface area (Å²) in [4.78, 5) is 26.6. The maximum absolute atomic E-state index is 11.7. The number of nitrogens with zero attached hydrogens (tertiary/aromatic N) is 1. The predicted octanol–water partition coefficient (Wildman–Crippen LogP) is 2.03. The third-order valence-electron chi connectivity index (χ3n) is 3.02. The van der Waals surface area contributed by atoms with Gasteiger partial charge in [-0.2, -0.15) is 0 Å². The average Bonchev–Trinajstić information content (AvgIpc) is 2.52. The minimum Gasteiger partial charge on any atom is -0.478 e. The van der Waals surface area contributed by atoms with Gasteiger partial charge in [0.25, 0.3) is 0 Å². The summed E-state index contributed by atoms with van der Waals surface area (Å²) in [7, 11) is 0. The van der Waals surface area contributed by atoms with Gasteiger partial charge in [-0.1, -0.05) is 18.2 Å². The van der Waals surface area contributed by atoms with Crippen LogP contribution in [0.15, 0.2) is 48.7 Å². The van der Waals surface area contributed by atoms with Crippen molar-refractivity contribution in [2.75, 3.05) is 0 Å². The Morgan fingerprint density at radius 2 is 1.86 bits per heavy atom. The number of benzene rings is 1. The predicted molar refractivity (Wildman–Crippen MR) is 77.8 cm³/mol. The Morgan fingerprint density at radius 1 is 1.10 bits per heavy atom. The molecule has 0 radical (unpaired) electrons. The van der Waals surface area contributed by atoms with Crippen LogP contribution in [0.5, 0.6) is 0 Å². The van der Waals surface area contributed by atoms with Crippen molar-refractivity contribution in [3.63, 3.8) is 0 Å². The van der Waals surface area contributed by atoms with Crippen molar-refractivity contribution in [3.05, 3.63) is 65.5 Å². The molecule has 1 aromatic carbocycles. The van der Waals surface area contributed by atoms with Gasteiger partial charge < -0.3 is 10.4 Å². The lowest BCUT2D eigenvalue weighted by Crippen LogP contribution is -2.23. The molecule has 5 nitrogen and oxygen atoms in total. The van der Waals surface area contributed by atoms with Crippen LogP contribution in [0.25, 0.3) is 0 Å². The molecule has 0 unspecified atom stereocenters. The number of hydrogen-bond acceptors (Lipinski definition) is 3. The number of amides is 1. The largest absolute Gasteiger partial charge is 0.478 e. The number of carbonyl (C=O) groups is 2. The first-order valence-corrected chi connectivity index (χ1v) is 6.64. The molecule has 2 aromatic rings. The molecule has 2 N–H and O–H groups in total. The van der Waals surface area contributed by atoms with Gasteiger partial charge in [0.15, 0.2) is 0 Å². The van der Waals surface area contributed by atoms with Gasteiger partial charge in [-0.05, 0) is 36.2 Å². The Kier molecular flexibility index (Phi) is 5.04. The molecule has 2 rings (SSSR count). The van der Waals surface area contributed by atoms with Gasteiger partial charge in [-0.25, -0.2) is 4.79 Å². The second kappa shape index (κ2) is 7.19. The third-order valence-corrected chi connectivity index (χ3v) is 3.02. The fraction of sp³-hybridized carbons (Fsp3) is 0.188. The van der Waals surface area contributed by atoms with Crippen LogP contribution in [0, 0.1) is 0 Å². The Morgan fingerprint density at radius 3 is 2.48 bits per heavy atom. The number of carbonyl (C=O) groups excluding carboxylic acids is 1. The molecule has 1 aromatic heterocycles. The second-order valence-electron chi connectivity index (χ2n) is 4.60. The van der Waals surface area contributed by atoms with Crippen LogP contribution >= 0.6 is 0 Å². The van der Waals surface area contributed by atoms with E-state index in [1.165, 1.54) is 12.1 Å². The number of aromatic carboxylic acids is 1. The van der Waals surface area contributed by atoms with E-state index in [0.29, 0.717) is 19.4 Å². The molecule has 0 saturated heterocycles. The Labute approximate surface area is 122 Å². The molecule has 0 aliphatic carbocycles. The highest BCUT2D eigenvalue weighted by Crippen LogP contribution is 2.04. The summed E-state index contributed by atoms with van der Waals surface area (Å²) in [6.45, 7) is 0.390. The molecule has 0 spiro atoms. The van der Waals surface area contributed by atoms with Gasteiger partial charge in [0.05, 0.1) is 5.56 Å². The summed E-state index contributed by atoms with van der Waals surface area (Å²) < 4.78 is 0. The number of rotatable bonds is 6. The number of nitrogens with one attached hydrogen (secondary N) is 1. The van der Waals surface area contributed by atoms with E-state index in [0.717, 1.165) is 11.3 Å². The van der Waals surface area contributed by atoms with Crippen LogP contribution in [0.3, 0.4) is 0 Å². The molecule has 0 aliphatic heterocycles. The van der Waals surface area contributed by atoms with Crippen LogP contribution < -0.4 is 5.32 Å². The average molecular weight is 284 g/mol. The minimum absolute atomic E-state index is 0.0528. The SMILES string of the molecule is O=C(CCc1ccccn1)NCc1ccc(C(=O)O)cc1. The van der Waals surface area contributed by atoms with Crippen LogP contribution in [0.1, 0.15) is 28.0 Å². The van der Waals surface area contributed by atoms with Gasteiger partial charge in [-0.3, -0.25) is 9.78 Å². The van der Waals surface area contributed by atoms with Crippen molar-refractivity contribution >= 4 is 11.9 Å². The Balaban J connectivity index is 1.77. The van der Waals surface area contributed by atoms with Crippen molar-refractivity contribution in [2.45, 2.75) is 19.4 Å². The quantitative estimate of drug-likeness (QED) is 0.850. The van der Waals surface area contributed by atoms with E-state index in [1.807, 2.05) is 18.2 Å². The van der Waals surface area contributed by atoms with Crippen LogP contribution in [-0.2, 0) is 17.8 Å². The van der Waals surface area contributed by atoms with Gasteiger partial charge in [0.2, 0.25) is 5.91 Å². The lowest BCUT2D eigenvalue weighted by molar-refractivity contribution is -0.121. The van der Waals surface area contributed by atoms with Crippen LogP contribution in [-0.4, -0.2) is 22.0 Å². The molecule has 0 fully saturated rings. The molecule has 108 valence electrons.